The number of hydrogen-bond acceptors (Lipinski definition) is 2. The van der Waals surface area contributed by atoms with E-state index in [1.54, 1.807) is 18.2 Å². The molecule has 110 valence electrons. The van der Waals surface area contributed by atoms with Crippen molar-refractivity contribution in [2.24, 2.45) is 0 Å². The molecule has 3 nitrogen and oxygen atoms in total. The van der Waals surface area contributed by atoms with Gasteiger partial charge in [-0.3, -0.25) is 0 Å². The van der Waals surface area contributed by atoms with Crippen molar-refractivity contribution in [2.75, 3.05) is 10.6 Å². The molecule has 0 aliphatic carbocycles. The van der Waals surface area contributed by atoms with Gasteiger partial charge in [0.15, 0.2) is 5.11 Å². The van der Waals surface area contributed by atoms with Crippen molar-refractivity contribution in [3.05, 3.63) is 54.1 Å². The van der Waals surface area contributed by atoms with E-state index in [4.69, 9.17) is 12.2 Å². The van der Waals surface area contributed by atoms with Gasteiger partial charge < -0.3 is 15.4 Å². The molecule has 0 heterocycles. The number of thiocarbonyl (C=S) groups is 1. The molecule has 0 atom stereocenters. The summed E-state index contributed by atoms with van der Waals surface area (Å²) < 4.78 is 29.1. The molecule has 2 rings (SSSR count). The highest BCUT2D eigenvalue weighted by atomic mass is 32.1. The van der Waals surface area contributed by atoms with E-state index in [0.29, 0.717) is 10.8 Å². The Morgan fingerprint density at radius 2 is 1.71 bits per heavy atom. The molecular formula is C15H14F2N2OS. The standard InChI is InChI=1S/C15H14F2N2OS/c1-10-6-8-11(9-7-10)18-15(21)19-12-4-2-3-5-13(12)20-14(16)17/h2-9,14H,1H3,(H2,18,19,21). The van der Waals surface area contributed by atoms with E-state index in [0.717, 1.165) is 11.3 Å². The van der Waals surface area contributed by atoms with Crippen LogP contribution in [0.3, 0.4) is 0 Å². The van der Waals surface area contributed by atoms with Gasteiger partial charge >= 0.3 is 6.61 Å². The number of anilines is 2. The Balaban J connectivity index is 2.04. The van der Waals surface area contributed by atoms with E-state index < -0.39 is 6.61 Å². The van der Waals surface area contributed by atoms with Gasteiger partial charge in [0.1, 0.15) is 5.75 Å². The van der Waals surface area contributed by atoms with Gasteiger partial charge in [-0.05, 0) is 43.4 Å². The molecule has 0 saturated carbocycles. The van der Waals surface area contributed by atoms with Crippen molar-refractivity contribution >= 4 is 28.7 Å². The highest BCUT2D eigenvalue weighted by molar-refractivity contribution is 7.80. The minimum absolute atomic E-state index is 0.0422. The third-order valence-corrected chi connectivity index (χ3v) is 2.86. The topological polar surface area (TPSA) is 33.3 Å². The lowest BCUT2D eigenvalue weighted by atomic mass is 10.2. The summed E-state index contributed by atoms with van der Waals surface area (Å²) in [5, 5.41) is 6.11. The third kappa shape index (κ3) is 4.68. The van der Waals surface area contributed by atoms with Crippen molar-refractivity contribution in [1.82, 2.24) is 0 Å². The number of para-hydroxylation sites is 2. The smallest absolute Gasteiger partial charge is 0.387 e. The van der Waals surface area contributed by atoms with Crippen molar-refractivity contribution in [3.8, 4) is 5.75 Å². The number of benzene rings is 2. The molecule has 0 bridgehead atoms. The first kappa shape index (κ1) is 15.2. The van der Waals surface area contributed by atoms with Crippen LogP contribution in [-0.4, -0.2) is 11.7 Å². The van der Waals surface area contributed by atoms with Crippen molar-refractivity contribution in [3.63, 3.8) is 0 Å². The molecule has 2 aromatic rings. The molecule has 0 saturated heterocycles. The molecule has 0 spiro atoms. The van der Waals surface area contributed by atoms with E-state index in [9.17, 15) is 8.78 Å². The molecule has 0 radical (unpaired) electrons. The molecule has 0 aromatic heterocycles. The lowest BCUT2D eigenvalue weighted by Gasteiger charge is -2.14. The van der Waals surface area contributed by atoms with Crippen molar-refractivity contribution in [1.29, 1.82) is 0 Å². The second kappa shape index (κ2) is 6.99. The van der Waals surface area contributed by atoms with Gasteiger partial charge in [0.05, 0.1) is 5.69 Å². The van der Waals surface area contributed by atoms with Crippen LogP contribution >= 0.6 is 12.2 Å². The number of ether oxygens (including phenoxy) is 1. The Bertz CT molecular complexity index is 617. The highest BCUT2D eigenvalue weighted by Gasteiger charge is 2.10. The first-order valence-electron chi connectivity index (χ1n) is 6.23. The summed E-state index contributed by atoms with van der Waals surface area (Å²) in [5.41, 5.74) is 2.32. The van der Waals surface area contributed by atoms with Crippen LogP contribution in [0.4, 0.5) is 20.2 Å². The number of nitrogens with one attached hydrogen (secondary N) is 2. The van der Waals surface area contributed by atoms with Crippen LogP contribution in [0.2, 0.25) is 0 Å². The van der Waals surface area contributed by atoms with E-state index in [1.165, 1.54) is 6.07 Å². The summed E-state index contributed by atoms with van der Waals surface area (Å²) in [5.74, 6) is 0.0422. The van der Waals surface area contributed by atoms with Gasteiger partial charge in [0.25, 0.3) is 0 Å². The van der Waals surface area contributed by atoms with E-state index >= 15 is 0 Å². The monoisotopic (exact) mass is 308 g/mol. The number of rotatable bonds is 4. The maximum Gasteiger partial charge on any atom is 0.387 e. The minimum atomic E-state index is -2.88. The van der Waals surface area contributed by atoms with Crippen LogP contribution in [-0.2, 0) is 0 Å². The second-order valence-corrected chi connectivity index (χ2v) is 4.73. The fourth-order valence-electron chi connectivity index (χ4n) is 1.69. The van der Waals surface area contributed by atoms with Crippen LogP contribution in [0.25, 0.3) is 0 Å². The Morgan fingerprint density at radius 1 is 1.05 bits per heavy atom. The first-order valence-corrected chi connectivity index (χ1v) is 6.64. The molecule has 2 aromatic carbocycles. The Morgan fingerprint density at radius 3 is 2.38 bits per heavy atom. The zero-order valence-corrected chi connectivity index (χ0v) is 12.1. The number of aryl methyl sites for hydroxylation is 1. The second-order valence-electron chi connectivity index (χ2n) is 4.32. The van der Waals surface area contributed by atoms with Gasteiger partial charge in [-0.1, -0.05) is 29.8 Å². The largest absolute Gasteiger partial charge is 0.433 e. The summed E-state index contributed by atoms with van der Waals surface area (Å²) in [7, 11) is 0. The van der Waals surface area contributed by atoms with Gasteiger partial charge in [0, 0.05) is 5.69 Å². The Labute approximate surface area is 126 Å². The molecule has 0 fully saturated rings. The maximum atomic E-state index is 12.3. The lowest BCUT2D eigenvalue weighted by Crippen LogP contribution is -2.19. The average Bonchev–Trinajstić information content (AvgIpc) is 2.43. The maximum absolute atomic E-state index is 12.3. The minimum Gasteiger partial charge on any atom is -0.433 e. The average molecular weight is 308 g/mol. The van der Waals surface area contributed by atoms with E-state index in [-0.39, 0.29) is 5.75 Å². The normalized spacial score (nSPS) is 10.3. The quantitative estimate of drug-likeness (QED) is 0.820. The lowest BCUT2D eigenvalue weighted by molar-refractivity contribution is -0.0493. The molecule has 0 aliphatic heterocycles. The van der Waals surface area contributed by atoms with Crippen molar-refractivity contribution in [2.45, 2.75) is 13.5 Å². The molecule has 6 heteroatoms. The predicted molar refractivity (Wildman–Crippen MR) is 84.1 cm³/mol. The van der Waals surface area contributed by atoms with Gasteiger partial charge in [-0.2, -0.15) is 8.78 Å². The summed E-state index contributed by atoms with van der Waals surface area (Å²) >= 11 is 5.16. The molecular weight excluding hydrogens is 294 g/mol. The van der Waals surface area contributed by atoms with Crippen LogP contribution < -0.4 is 15.4 Å². The number of alkyl halides is 2. The van der Waals surface area contributed by atoms with Crippen LogP contribution in [0.5, 0.6) is 5.75 Å². The van der Waals surface area contributed by atoms with Crippen LogP contribution in [0, 0.1) is 6.92 Å². The Hall–Kier alpha value is -2.21. The fraction of sp³-hybridized carbons (Fsp3) is 0.133. The van der Waals surface area contributed by atoms with Gasteiger partial charge in [-0.15, -0.1) is 0 Å². The summed E-state index contributed by atoms with van der Waals surface area (Å²) in [6, 6.07) is 14.0. The summed E-state index contributed by atoms with van der Waals surface area (Å²) in [6.07, 6.45) is 0. The zero-order valence-electron chi connectivity index (χ0n) is 11.3. The predicted octanol–water partition coefficient (Wildman–Crippen LogP) is 4.41. The van der Waals surface area contributed by atoms with Crippen molar-refractivity contribution < 1.29 is 13.5 Å². The van der Waals surface area contributed by atoms with E-state index in [1.807, 2.05) is 31.2 Å². The van der Waals surface area contributed by atoms with Crippen LogP contribution in [0.15, 0.2) is 48.5 Å². The molecule has 0 amide bonds. The van der Waals surface area contributed by atoms with Gasteiger partial charge in [0.2, 0.25) is 0 Å². The third-order valence-electron chi connectivity index (χ3n) is 2.66. The highest BCUT2D eigenvalue weighted by Crippen LogP contribution is 2.25. The van der Waals surface area contributed by atoms with Crippen LogP contribution in [0.1, 0.15) is 5.56 Å². The fourth-order valence-corrected chi connectivity index (χ4v) is 1.92. The zero-order chi connectivity index (χ0) is 15.2. The summed E-state index contributed by atoms with van der Waals surface area (Å²) in [6.45, 7) is -0.898. The van der Waals surface area contributed by atoms with E-state index in [2.05, 4.69) is 15.4 Å². The number of hydrogen-bond donors (Lipinski definition) is 2. The Kier molecular flexibility index (Phi) is 5.05. The van der Waals surface area contributed by atoms with Gasteiger partial charge in [-0.25, -0.2) is 0 Å². The molecule has 0 unspecified atom stereocenters. The first-order chi connectivity index (χ1) is 10.0. The summed E-state index contributed by atoms with van der Waals surface area (Å²) in [4.78, 5) is 0. The molecule has 2 N–H and O–H groups in total. The molecule has 21 heavy (non-hydrogen) atoms. The number of halogens is 2. The SMILES string of the molecule is Cc1ccc(NC(=S)Nc2ccccc2OC(F)F)cc1. The molecule has 0 aliphatic rings.